The summed E-state index contributed by atoms with van der Waals surface area (Å²) in [7, 11) is 1.30. The molecule has 94 valence electrons. The lowest BCUT2D eigenvalue weighted by Gasteiger charge is -2.09. The molecule has 3 amide bonds. The Morgan fingerprint density at radius 1 is 1.24 bits per heavy atom. The maximum atomic E-state index is 11.6. The van der Waals surface area contributed by atoms with Crippen LogP contribution in [0, 0.1) is 0 Å². The molecule has 1 saturated heterocycles. The summed E-state index contributed by atoms with van der Waals surface area (Å²) in [5, 5.41) is 2.27. The number of urea groups is 1. The number of imide groups is 1. The number of esters is 1. The molecule has 0 spiro atoms. The van der Waals surface area contributed by atoms with E-state index in [4.69, 9.17) is 9.47 Å². The molecule has 0 atom stereocenters. The van der Waals surface area contributed by atoms with Gasteiger partial charge in [0.1, 0.15) is 0 Å². The average molecular weight is 242 g/mol. The first-order valence-corrected chi connectivity index (χ1v) is 5.16. The van der Waals surface area contributed by atoms with Gasteiger partial charge in [-0.05, 0) is 13.8 Å². The van der Waals surface area contributed by atoms with Crippen LogP contribution in [0.15, 0.2) is 11.5 Å². The molecule has 0 aromatic heterocycles. The standard InChI is InChI=1S/C10H14N2O5/c1-4-16-7(9(14)17-5-2)6-8(13)12(3)10(15)11-6/h4-5H2,1-3H3,(H,11,15). The molecule has 1 fully saturated rings. The highest BCUT2D eigenvalue weighted by atomic mass is 16.6. The van der Waals surface area contributed by atoms with Gasteiger partial charge >= 0.3 is 12.0 Å². The zero-order valence-electron chi connectivity index (χ0n) is 9.90. The molecule has 1 aliphatic rings. The highest BCUT2D eigenvalue weighted by Crippen LogP contribution is 2.14. The van der Waals surface area contributed by atoms with Gasteiger partial charge in [-0.15, -0.1) is 0 Å². The molecule has 1 aliphatic heterocycles. The van der Waals surface area contributed by atoms with Crippen molar-refractivity contribution < 1.29 is 23.9 Å². The van der Waals surface area contributed by atoms with Gasteiger partial charge in [0.25, 0.3) is 5.91 Å². The number of hydrogen-bond donors (Lipinski definition) is 1. The van der Waals surface area contributed by atoms with E-state index in [9.17, 15) is 14.4 Å². The molecule has 1 N–H and O–H groups in total. The fraction of sp³-hybridized carbons (Fsp3) is 0.500. The van der Waals surface area contributed by atoms with Crippen LogP contribution in [0.2, 0.25) is 0 Å². The topological polar surface area (TPSA) is 84.9 Å². The van der Waals surface area contributed by atoms with Gasteiger partial charge < -0.3 is 9.47 Å². The minimum absolute atomic E-state index is 0.153. The van der Waals surface area contributed by atoms with Gasteiger partial charge in [0, 0.05) is 7.05 Å². The second kappa shape index (κ2) is 5.33. The molecular formula is C10H14N2O5. The Kier molecular flexibility index (Phi) is 4.08. The third kappa shape index (κ3) is 2.55. The van der Waals surface area contributed by atoms with Crippen molar-refractivity contribution in [1.29, 1.82) is 0 Å². The average Bonchev–Trinajstić information content (AvgIpc) is 2.54. The lowest BCUT2D eigenvalue weighted by Crippen LogP contribution is -2.25. The lowest BCUT2D eigenvalue weighted by molar-refractivity contribution is -0.143. The third-order valence-electron chi connectivity index (χ3n) is 2.03. The number of nitrogens with one attached hydrogen (secondary N) is 1. The Balaban J connectivity index is 3.07. The smallest absolute Gasteiger partial charge is 0.376 e. The molecule has 7 nitrogen and oxygen atoms in total. The second-order valence-corrected chi connectivity index (χ2v) is 3.15. The third-order valence-corrected chi connectivity index (χ3v) is 2.03. The summed E-state index contributed by atoms with van der Waals surface area (Å²) >= 11 is 0. The van der Waals surface area contributed by atoms with Crippen LogP contribution in [0.5, 0.6) is 0 Å². The van der Waals surface area contributed by atoms with Crippen molar-refractivity contribution in [2.45, 2.75) is 13.8 Å². The Labute approximate surface area is 98.3 Å². The van der Waals surface area contributed by atoms with E-state index < -0.39 is 17.9 Å². The molecule has 0 bridgehead atoms. The SMILES string of the molecule is CCOC(=O)C(OCC)=C1NC(=O)N(C)C1=O. The largest absolute Gasteiger partial charge is 0.485 e. The summed E-state index contributed by atoms with van der Waals surface area (Å²) in [6.45, 7) is 3.63. The van der Waals surface area contributed by atoms with Crippen molar-refractivity contribution in [3.63, 3.8) is 0 Å². The van der Waals surface area contributed by atoms with Crippen LogP contribution < -0.4 is 5.32 Å². The maximum absolute atomic E-state index is 11.6. The summed E-state index contributed by atoms with van der Waals surface area (Å²) in [5.74, 6) is -1.66. The summed E-state index contributed by atoms with van der Waals surface area (Å²) in [4.78, 5) is 35.3. The van der Waals surface area contributed by atoms with E-state index in [2.05, 4.69) is 5.32 Å². The summed E-state index contributed by atoms with van der Waals surface area (Å²) < 4.78 is 9.79. The van der Waals surface area contributed by atoms with Crippen molar-refractivity contribution in [2.24, 2.45) is 0 Å². The van der Waals surface area contributed by atoms with E-state index in [0.29, 0.717) is 0 Å². The number of ether oxygens (including phenoxy) is 2. The second-order valence-electron chi connectivity index (χ2n) is 3.15. The van der Waals surface area contributed by atoms with Crippen molar-refractivity contribution in [1.82, 2.24) is 10.2 Å². The number of nitrogens with zero attached hydrogens (tertiary/aromatic N) is 1. The first-order valence-electron chi connectivity index (χ1n) is 5.16. The molecular weight excluding hydrogens is 228 g/mol. The van der Waals surface area contributed by atoms with Crippen molar-refractivity contribution in [3.05, 3.63) is 11.5 Å². The van der Waals surface area contributed by atoms with E-state index in [1.165, 1.54) is 7.05 Å². The van der Waals surface area contributed by atoms with Gasteiger partial charge in [-0.2, -0.15) is 0 Å². The number of amides is 3. The molecule has 1 rings (SSSR count). The fourth-order valence-electron chi connectivity index (χ4n) is 1.23. The van der Waals surface area contributed by atoms with Crippen molar-refractivity contribution in [2.75, 3.05) is 20.3 Å². The van der Waals surface area contributed by atoms with Gasteiger partial charge in [0.2, 0.25) is 5.76 Å². The number of carbonyl (C=O) groups excluding carboxylic acids is 3. The number of carbonyl (C=O) groups is 3. The minimum atomic E-state index is -0.770. The lowest BCUT2D eigenvalue weighted by atomic mass is 10.3. The van der Waals surface area contributed by atoms with E-state index >= 15 is 0 Å². The zero-order valence-corrected chi connectivity index (χ0v) is 9.90. The summed E-state index contributed by atoms with van der Waals surface area (Å²) in [5.41, 5.74) is -0.183. The summed E-state index contributed by atoms with van der Waals surface area (Å²) in [6, 6.07) is -0.605. The van der Waals surface area contributed by atoms with E-state index in [-0.39, 0.29) is 24.7 Å². The van der Waals surface area contributed by atoms with Crippen LogP contribution >= 0.6 is 0 Å². The van der Waals surface area contributed by atoms with Crippen LogP contribution in [0.1, 0.15) is 13.8 Å². The Hall–Kier alpha value is -2.05. The number of hydrogen-bond acceptors (Lipinski definition) is 5. The van der Waals surface area contributed by atoms with Gasteiger partial charge in [-0.3, -0.25) is 15.0 Å². The van der Waals surface area contributed by atoms with Crippen molar-refractivity contribution in [3.8, 4) is 0 Å². The minimum Gasteiger partial charge on any atom is -0.485 e. The quantitative estimate of drug-likeness (QED) is 0.324. The van der Waals surface area contributed by atoms with Crippen LogP contribution in [0.25, 0.3) is 0 Å². The Morgan fingerprint density at radius 3 is 2.24 bits per heavy atom. The molecule has 7 heteroatoms. The normalized spacial score (nSPS) is 17.9. The molecule has 0 aromatic rings. The first-order chi connectivity index (χ1) is 8.02. The Morgan fingerprint density at radius 2 is 1.82 bits per heavy atom. The van der Waals surface area contributed by atoms with Gasteiger partial charge in [0.15, 0.2) is 5.70 Å². The van der Waals surface area contributed by atoms with Crippen LogP contribution in [-0.4, -0.2) is 43.1 Å². The molecule has 1 heterocycles. The molecule has 0 saturated carbocycles. The predicted molar refractivity (Wildman–Crippen MR) is 56.6 cm³/mol. The Bertz CT molecular complexity index is 388. The highest BCUT2D eigenvalue weighted by molar-refractivity contribution is 6.14. The van der Waals surface area contributed by atoms with Gasteiger partial charge in [0.05, 0.1) is 13.2 Å². The zero-order chi connectivity index (χ0) is 13.0. The molecule has 0 aromatic carbocycles. The number of rotatable bonds is 4. The van der Waals surface area contributed by atoms with Crippen LogP contribution in [0.3, 0.4) is 0 Å². The fourth-order valence-corrected chi connectivity index (χ4v) is 1.23. The molecule has 0 aliphatic carbocycles. The number of likely N-dealkylation sites (N-methyl/N-ethyl adjacent to an activating group) is 1. The first kappa shape index (κ1) is 13.0. The van der Waals surface area contributed by atoms with Gasteiger partial charge in [-0.1, -0.05) is 0 Å². The van der Waals surface area contributed by atoms with Crippen LogP contribution in [-0.2, 0) is 19.1 Å². The van der Waals surface area contributed by atoms with Gasteiger partial charge in [-0.25, -0.2) is 9.59 Å². The van der Waals surface area contributed by atoms with E-state index in [1.54, 1.807) is 13.8 Å². The highest BCUT2D eigenvalue weighted by Gasteiger charge is 2.36. The monoisotopic (exact) mass is 242 g/mol. The molecule has 0 unspecified atom stereocenters. The summed E-state index contributed by atoms with van der Waals surface area (Å²) in [6.07, 6.45) is 0. The van der Waals surface area contributed by atoms with E-state index in [1.807, 2.05) is 0 Å². The predicted octanol–water partition coefficient (Wildman–Crippen LogP) is -0.0208. The van der Waals surface area contributed by atoms with Crippen LogP contribution in [0.4, 0.5) is 4.79 Å². The maximum Gasteiger partial charge on any atom is 0.376 e. The molecule has 17 heavy (non-hydrogen) atoms. The molecule has 0 radical (unpaired) electrons. The van der Waals surface area contributed by atoms with Crippen molar-refractivity contribution >= 4 is 17.9 Å². The van der Waals surface area contributed by atoms with E-state index in [0.717, 1.165) is 4.90 Å².